The van der Waals surface area contributed by atoms with Gasteiger partial charge in [-0.15, -0.1) is 0 Å². The number of benzene rings is 2. The van der Waals surface area contributed by atoms with E-state index in [1.165, 1.54) is 39.5 Å². The molecule has 1 aromatic heterocycles. The molecule has 0 aliphatic carbocycles. The van der Waals surface area contributed by atoms with Crippen molar-refractivity contribution in [3.8, 4) is 17.2 Å². The molecule has 9 nitrogen and oxygen atoms in total. The highest BCUT2D eigenvalue weighted by atomic mass is 35.5. The molecule has 1 unspecified atom stereocenters. The van der Waals surface area contributed by atoms with Gasteiger partial charge in [0.2, 0.25) is 0 Å². The first-order valence-electron chi connectivity index (χ1n) is 10.1. The molecule has 0 spiro atoms. The molecule has 10 heteroatoms. The van der Waals surface area contributed by atoms with E-state index in [0.29, 0.717) is 28.6 Å². The van der Waals surface area contributed by atoms with Crippen LogP contribution in [0.4, 0.5) is 5.82 Å². The van der Waals surface area contributed by atoms with Crippen molar-refractivity contribution in [3.63, 3.8) is 0 Å². The van der Waals surface area contributed by atoms with Crippen LogP contribution in [-0.4, -0.2) is 43.3 Å². The fraction of sp³-hybridized carbons (Fsp3) is 0.208. The molecule has 2 aromatic carbocycles. The number of anilines is 1. The number of amides is 1. The summed E-state index contributed by atoms with van der Waals surface area (Å²) in [6.45, 7) is 1.66. The summed E-state index contributed by atoms with van der Waals surface area (Å²) in [7, 11) is 4.41. The predicted molar refractivity (Wildman–Crippen MR) is 124 cm³/mol. The Morgan fingerprint density at radius 3 is 2.32 bits per heavy atom. The second-order valence-corrected chi connectivity index (χ2v) is 7.83. The SMILES string of the molecule is COc1ccc(OC)c(C2/C(=C(\O)c3ccc(OC)c(Cl)c3)C(=O)C(=O)N2c2cc(C)on2)c1. The minimum atomic E-state index is -1.09. The third kappa shape index (κ3) is 3.84. The lowest BCUT2D eigenvalue weighted by atomic mass is 9.94. The summed E-state index contributed by atoms with van der Waals surface area (Å²) < 4.78 is 21.2. The van der Waals surface area contributed by atoms with Crippen LogP contribution in [0.1, 0.15) is 22.9 Å². The normalized spacial score (nSPS) is 17.2. The van der Waals surface area contributed by atoms with E-state index in [9.17, 15) is 14.7 Å². The highest BCUT2D eigenvalue weighted by Gasteiger charge is 2.49. The van der Waals surface area contributed by atoms with E-state index in [2.05, 4.69) is 5.16 Å². The average molecular weight is 485 g/mol. The summed E-state index contributed by atoms with van der Waals surface area (Å²) in [6.07, 6.45) is 0. The maximum absolute atomic E-state index is 13.3. The molecule has 1 N–H and O–H groups in total. The monoisotopic (exact) mass is 484 g/mol. The summed E-state index contributed by atoms with van der Waals surface area (Å²) in [6, 6.07) is 9.92. The zero-order chi connectivity index (χ0) is 24.6. The Balaban J connectivity index is 2.00. The molecule has 1 aliphatic heterocycles. The molecule has 1 aliphatic rings. The summed E-state index contributed by atoms with van der Waals surface area (Å²) in [4.78, 5) is 27.6. The van der Waals surface area contributed by atoms with Crippen LogP contribution >= 0.6 is 11.6 Å². The van der Waals surface area contributed by atoms with E-state index in [4.69, 9.17) is 30.3 Å². The minimum absolute atomic E-state index is 0.112. The number of aromatic nitrogens is 1. The number of Topliss-reactive ketones (excluding diaryl/α,β-unsaturated/α-hetero) is 1. The molecule has 2 heterocycles. The van der Waals surface area contributed by atoms with Crippen LogP contribution in [0.5, 0.6) is 17.2 Å². The Morgan fingerprint density at radius 1 is 1.03 bits per heavy atom. The number of aryl methyl sites for hydroxylation is 1. The molecule has 1 amide bonds. The van der Waals surface area contributed by atoms with E-state index >= 15 is 0 Å². The zero-order valence-electron chi connectivity index (χ0n) is 18.8. The van der Waals surface area contributed by atoms with Gasteiger partial charge in [-0.25, -0.2) is 0 Å². The molecule has 1 saturated heterocycles. The van der Waals surface area contributed by atoms with Gasteiger partial charge in [0.25, 0.3) is 5.78 Å². The Bertz CT molecular complexity index is 1310. The topological polar surface area (TPSA) is 111 Å². The fourth-order valence-electron chi connectivity index (χ4n) is 3.85. The third-order valence-corrected chi connectivity index (χ3v) is 5.76. The smallest absolute Gasteiger partial charge is 0.301 e. The highest BCUT2D eigenvalue weighted by molar-refractivity contribution is 6.51. The van der Waals surface area contributed by atoms with Crippen LogP contribution in [0.3, 0.4) is 0 Å². The molecule has 4 rings (SSSR count). The number of carbonyl (C=O) groups excluding carboxylic acids is 2. The van der Waals surface area contributed by atoms with Gasteiger partial charge in [0, 0.05) is 17.2 Å². The van der Waals surface area contributed by atoms with Crippen molar-refractivity contribution < 1.29 is 33.4 Å². The van der Waals surface area contributed by atoms with Gasteiger partial charge in [-0.05, 0) is 43.3 Å². The first kappa shape index (κ1) is 23.2. The first-order chi connectivity index (χ1) is 16.3. The lowest BCUT2D eigenvalue weighted by Crippen LogP contribution is -2.30. The maximum Gasteiger partial charge on any atom is 0.301 e. The summed E-state index contributed by atoms with van der Waals surface area (Å²) in [5, 5.41) is 15.4. The van der Waals surface area contributed by atoms with Gasteiger partial charge < -0.3 is 23.8 Å². The van der Waals surface area contributed by atoms with Crippen LogP contribution in [0.2, 0.25) is 5.02 Å². The number of methoxy groups -OCH3 is 3. The van der Waals surface area contributed by atoms with E-state index in [0.717, 1.165) is 4.90 Å². The number of ketones is 1. The van der Waals surface area contributed by atoms with Crippen molar-refractivity contribution >= 4 is 34.9 Å². The molecule has 3 aromatic rings. The van der Waals surface area contributed by atoms with Gasteiger partial charge in [0.1, 0.15) is 34.8 Å². The van der Waals surface area contributed by atoms with Crippen LogP contribution in [0.15, 0.2) is 52.6 Å². The Kier molecular flexibility index (Phi) is 6.21. The third-order valence-electron chi connectivity index (χ3n) is 5.46. The molecule has 1 atom stereocenters. The Labute approximate surface area is 200 Å². The van der Waals surface area contributed by atoms with Crippen molar-refractivity contribution in [1.29, 1.82) is 0 Å². The highest BCUT2D eigenvalue weighted by Crippen LogP contribution is 2.46. The second kappa shape index (κ2) is 9.11. The van der Waals surface area contributed by atoms with Crippen molar-refractivity contribution in [2.45, 2.75) is 13.0 Å². The zero-order valence-corrected chi connectivity index (χ0v) is 19.5. The summed E-state index contributed by atoms with van der Waals surface area (Å²) in [5.41, 5.74) is 0.466. The molecular formula is C24H21ClN2O7. The lowest BCUT2D eigenvalue weighted by molar-refractivity contribution is -0.132. The van der Waals surface area contributed by atoms with E-state index < -0.39 is 23.5 Å². The number of carbonyl (C=O) groups is 2. The average Bonchev–Trinajstić information content (AvgIpc) is 3.38. The fourth-order valence-corrected chi connectivity index (χ4v) is 4.11. The number of hydrogen-bond donors (Lipinski definition) is 1. The van der Waals surface area contributed by atoms with Gasteiger partial charge in [-0.2, -0.15) is 0 Å². The summed E-state index contributed by atoms with van der Waals surface area (Å²) >= 11 is 6.23. The molecule has 0 saturated carbocycles. The van der Waals surface area contributed by atoms with E-state index in [1.54, 1.807) is 31.2 Å². The van der Waals surface area contributed by atoms with Gasteiger partial charge in [0.15, 0.2) is 5.82 Å². The Morgan fingerprint density at radius 2 is 1.74 bits per heavy atom. The van der Waals surface area contributed by atoms with Gasteiger partial charge >= 0.3 is 5.91 Å². The molecule has 34 heavy (non-hydrogen) atoms. The molecular weight excluding hydrogens is 464 g/mol. The number of nitrogens with zero attached hydrogens (tertiary/aromatic N) is 2. The number of ether oxygens (including phenoxy) is 3. The van der Waals surface area contributed by atoms with Crippen molar-refractivity contribution in [1.82, 2.24) is 5.16 Å². The second-order valence-electron chi connectivity index (χ2n) is 7.42. The van der Waals surface area contributed by atoms with Crippen molar-refractivity contribution in [2.75, 3.05) is 26.2 Å². The number of halogens is 1. The standard InChI is InChI=1S/C24H21ClN2O7/c1-12-9-19(26-34-12)27-21(15-11-14(31-2)6-8-17(15)32-3)20(23(29)24(27)30)22(28)13-5-7-18(33-4)16(25)10-13/h5-11,21,28H,1-4H3/b22-20+. The Hall–Kier alpha value is -3.98. The van der Waals surface area contributed by atoms with Crippen molar-refractivity contribution in [3.05, 3.63) is 69.9 Å². The van der Waals surface area contributed by atoms with Crippen LogP contribution in [-0.2, 0) is 9.59 Å². The first-order valence-corrected chi connectivity index (χ1v) is 10.5. The number of aliphatic hydroxyl groups is 1. The van der Waals surface area contributed by atoms with Crippen LogP contribution in [0.25, 0.3) is 5.76 Å². The lowest BCUT2D eigenvalue weighted by Gasteiger charge is -2.24. The van der Waals surface area contributed by atoms with Crippen LogP contribution in [0, 0.1) is 6.92 Å². The van der Waals surface area contributed by atoms with Crippen molar-refractivity contribution in [2.24, 2.45) is 0 Å². The van der Waals surface area contributed by atoms with E-state index in [-0.39, 0.29) is 22.0 Å². The maximum atomic E-state index is 13.3. The van der Waals surface area contributed by atoms with Crippen LogP contribution < -0.4 is 19.1 Å². The number of rotatable bonds is 6. The number of aliphatic hydroxyl groups excluding tert-OH is 1. The molecule has 176 valence electrons. The predicted octanol–water partition coefficient (Wildman–Crippen LogP) is 4.29. The molecule has 0 radical (unpaired) electrons. The van der Waals surface area contributed by atoms with E-state index in [1.807, 2.05) is 0 Å². The summed E-state index contributed by atoms with van der Waals surface area (Å²) in [5.74, 6) is -0.425. The molecule has 0 bridgehead atoms. The molecule has 1 fully saturated rings. The van der Waals surface area contributed by atoms with Gasteiger partial charge in [-0.3, -0.25) is 14.5 Å². The van der Waals surface area contributed by atoms with Gasteiger partial charge in [0.05, 0.1) is 31.9 Å². The minimum Gasteiger partial charge on any atom is -0.507 e. The largest absolute Gasteiger partial charge is 0.507 e. The van der Waals surface area contributed by atoms with Gasteiger partial charge in [-0.1, -0.05) is 16.8 Å². The quantitative estimate of drug-likeness (QED) is 0.313. The number of hydrogen-bond acceptors (Lipinski definition) is 8.